The summed E-state index contributed by atoms with van der Waals surface area (Å²) in [7, 11) is 0. The maximum Gasteiger partial charge on any atom is 0.314 e. The van der Waals surface area contributed by atoms with Gasteiger partial charge in [0.2, 0.25) is 5.91 Å². The maximum absolute atomic E-state index is 12.2. The lowest BCUT2D eigenvalue weighted by molar-refractivity contribution is -0.906. The van der Waals surface area contributed by atoms with E-state index in [1.165, 1.54) is 16.0 Å². The second kappa shape index (κ2) is 8.83. The van der Waals surface area contributed by atoms with Crippen molar-refractivity contribution in [2.24, 2.45) is 5.92 Å². The van der Waals surface area contributed by atoms with Crippen LogP contribution in [0.25, 0.3) is 0 Å². The quantitative estimate of drug-likeness (QED) is 0.776. The van der Waals surface area contributed by atoms with Crippen LogP contribution in [0.15, 0.2) is 18.2 Å². The van der Waals surface area contributed by atoms with Crippen molar-refractivity contribution in [3.8, 4) is 0 Å². The molecule has 1 saturated heterocycles. The number of piperidine rings is 1. The Bertz CT molecular complexity index is 586. The van der Waals surface area contributed by atoms with Gasteiger partial charge in [0.25, 0.3) is 0 Å². The molecule has 0 radical (unpaired) electrons. The first kappa shape index (κ1) is 18.5. The Morgan fingerprint density at radius 2 is 2.08 bits per heavy atom. The van der Waals surface area contributed by atoms with E-state index in [9.17, 15) is 9.59 Å². The van der Waals surface area contributed by atoms with Crippen LogP contribution >= 0.6 is 0 Å². The number of amides is 1. The Morgan fingerprint density at radius 3 is 2.79 bits per heavy atom. The molecule has 2 N–H and O–H groups in total. The normalized spacial score (nSPS) is 20.5. The fourth-order valence-electron chi connectivity index (χ4n) is 3.17. The van der Waals surface area contributed by atoms with Crippen LogP contribution in [0.1, 0.15) is 37.3 Å². The highest BCUT2D eigenvalue weighted by Crippen LogP contribution is 2.14. The number of carbonyl (C=O) groups is 2. The molecule has 0 saturated carbocycles. The second-order valence-corrected chi connectivity index (χ2v) is 6.64. The summed E-state index contributed by atoms with van der Waals surface area (Å²) >= 11 is 0. The molecule has 1 aliphatic heterocycles. The molecule has 0 bridgehead atoms. The van der Waals surface area contributed by atoms with Crippen molar-refractivity contribution in [1.29, 1.82) is 0 Å². The molecule has 0 spiro atoms. The second-order valence-electron chi connectivity index (χ2n) is 6.64. The summed E-state index contributed by atoms with van der Waals surface area (Å²) in [6.07, 6.45) is 2.38. The van der Waals surface area contributed by atoms with Crippen LogP contribution < -0.4 is 10.2 Å². The van der Waals surface area contributed by atoms with E-state index in [4.69, 9.17) is 4.74 Å². The van der Waals surface area contributed by atoms with E-state index in [0.717, 1.165) is 38.2 Å². The Balaban J connectivity index is 1.78. The van der Waals surface area contributed by atoms with Crippen LogP contribution in [-0.2, 0) is 14.3 Å². The molecule has 0 aromatic heterocycles. The molecule has 2 unspecified atom stereocenters. The van der Waals surface area contributed by atoms with Crippen molar-refractivity contribution in [2.45, 2.75) is 40.0 Å². The highest BCUT2D eigenvalue weighted by molar-refractivity contribution is 5.90. The van der Waals surface area contributed by atoms with Crippen molar-refractivity contribution in [3.63, 3.8) is 0 Å². The number of carbonyl (C=O) groups excluding carboxylic acids is 2. The number of quaternary nitrogens is 1. The summed E-state index contributed by atoms with van der Waals surface area (Å²) in [5.74, 6) is -0.0743. The molecule has 1 heterocycles. The van der Waals surface area contributed by atoms with Crippen molar-refractivity contribution in [3.05, 3.63) is 29.3 Å². The van der Waals surface area contributed by atoms with Crippen LogP contribution in [0.3, 0.4) is 0 Å². The zero-order valence-electron chi connectivity index (χ0n) is 15.0. The van der Waals surface area contributed by atoms with Gasteiger partial charge in [0.15, 0.2) is 0 Å². The summed E-state index contributed by atoms with van der Waals surface area (Å²) in [5, 5.41) is 2.96. The molecule has 0 aliphatic carbocycles. The summed E-state index contributed by atoms with van der Waals surface area (Å²) in [6.45, 7) is 8.92. The predicted octanol–water partition coefficient (Wildman–Crippen LogP) is 1.49. The number of ether oxygens (including phenoxy) is 1. The van der Waals surface area contributed by atoms with Crippen molar-refractivity contribution < 1.29 is 19.2 Å². The van der Waals surface area contributed by atoms with Gasteiger partial charge < -0.3 is 15.0 Å². The van der Waals surface area contributed by atoms with Crippen molar-refractivity contribution in [2.75, 3.05) is 31.6 Å². The highest BCUT2D eigenvalue weighted by Gasteiger charge is 2.29. The largest absolute Gasteiger partial charge is 0.466 e. The Kier molecular flexibility index (Phi) is 6.79. The molecular formula is C19H29N2O3+. The first-order valence-electron chi connectivity index (χ1n) is 8.87. The van der Waals surface area contributed by atoms with Gasteiger partial charge in [-0.1, -0.05) is 6.07 Å². The van der Waals surface area contributed by atoms with Crippen LogP contribution in [0.5, 0.6) is 0 Å². The van der Waals surface area contributed by atoms with Gasteiger partial charge in [-0.3, -0.25) is 9.59 Å². The zero-order chi connectivity index (χ0) is 17.5. The number of benzene rings is 1. The standard InChI is InChI=1S/C19H28N2O3/c1-4-24-19(23)16-6-5-10-21(13-16)11-9-18(22)20-17-8-7-14(2)15(3)12-17/h7-8,12,16H,4-6,9-11,13H2,1-3H3,(H,20,22)/p+1. The van der Waals surface area contributed by atoms with Gasteiger partial charge in [-0.25, -0.2) is 0 Å². The van der Waals surface area contributed by atoms with E-state index in [2.05, 4.69) is 12.2 Å². The molecule has 1 aromatic rings. The highest BCUT2D eigenvalue weighted by atomic mass is 16.5. The summed E-state index contributed by atoms with van der Waals surface area (Å²) in [6, 6.07) is 5.95. The smallest absolute Gasteiger partial charge is 0.314 e. The fourth-order valence-corrected chi connectivity index (χ4v) is 3.17. The van der Waals surface area contributed by atoms with Gasteiger partial charge >= 0.3 is 5.97 Å². The minimum Gasteiger partial charge on any atom is -0.466 e. The van der Waals surface area contributed by atoms with Crippen LogP contribution in [-0.4, -0.2) is 38.1 Å². The van der Waals surface area contributed by atoms with Crippen LogP contribution in [0, 0.1) is 19.8 Å². The number of esters is 1. The van der Waals surface area contributed by atoms with Crippen molar-refractivity contribution >= 4 is 17.6 Å². The number of hydrogen-bond acceptors (Lipinski definition) is 3. The summed E-state index contributed by atoms with van der Waals surface area (Å²) < 4.78 is 5.12. The Morgan fingerprint density at radius 1 is 1.29 bits per heavy atom. The molecule has 1 fully saturated rings. The third-order valence-electron chi connectivity index (χ3n) is 4.73. The fraction of sp³-hybridized carbons (Fsp3) is 0.579. The Hall–Kier alpha value is -1.88. The van der Waals surface area contributed by atoms with Gasteiger partial charge in [-0.15, -0.1) is 0 Å². The monoisotopic (exact) mass is 333 g/mol. The molecule has 5 heteroatoms. The lowest BCUT2D eigenvalue weighted by Crippen LogP contribution is -3.13. The van der Waals surface area contributed by atoms with Gasteiger partial charge in [-0.2, -0.15) is 0 Å². The van der Waals surface area contributed by atoms with Gasteiger partial charge in [0.05, 0.1) is 32.7 Å². The maximum atomic E-state index is 12.2. The van der Waals surface area contributed by atoms with E-state index in [1.54, 1.807) is 0 Å². The van der Waals surface area contributed by atoms with E-state index < -0.39 is 0 Å². The van der Waals surface area contributed by atoms with E-state index in [1.807, 2.05) is 32.0 Å². The number of hydrogen-bond donors (Lipinski definition) is 2. The molecular weight excluding hydrogens is 304 g/mol. The minimum atomic E-state index is -0.0886. The van der Waals surface area contributed by atoms with Gasteiger partial charge in [0.1, 0.15) is 5.92 Å². The van der Waals surface area contributed by atoms with Gasteiger partial charge in [0, 0.05) is 5.69 Å². The van der Waals surface area contributed by atoms with E-state index in [0.29, 0.717) is 13.0 Å². The lowest BCUT2D eigenvalue weighted by atomic mass is 9.98. The van der Waals surface area contributed by atoms with Crippen LogP contribution in [0.4, 0.5) is 5.69 Å². The van der Waals surface area contributed by atoms with Crippen molar-refractivity contribution in [1.82, 2.24) is 0 Å². The zero-order valence-corrected chi connectivity index (χ0v) is 15.0. The average molecular weight is 333 g/mol. The topological polar surface area (TPSA) is 59.8 Å². The molecule has 24 heavy (non-hydrogen) atoms. The third-order valence-corrected chi connectivity index (χ3v) is 4.73. The molecule has 2 rings (SSSR count). The number of aryl methyl sites for hydroxylation is 2. The predicted molar refractivity (Wildman–Crippen MR) is 94.1 cm³/mol. The number of likely N-dealkylation sites (tertiary alicyclic amines) is 1. The Labute approximate surface area is 144 Å². The third kappa shape index (κ3) is 5.34. The number of anilines is 1. The number of nitrogens with one attached hydrogen (secondary N) is 2. The summed E-state index contributed by atoms with van der Waals surface area (Å²) in [5.41, 5.74) is 3.24. The first-order valence-corrected chi connectivity index (χ1v) is 8.87. The molecule has 1 amide bonds. The van der Waals surface area contributed by atoms with Gasteiger partial charge in [-0.05, 0) is 56.9 Å². The van der Waals surface area contributed by atoms with E-state index >= 15 is 0 Å². The molecule has 5 nitrogen and oxygen atoms in total. The number of rotatable bonds is 6. The van der Waals surface area contributed by atoms with E-state index in [-0.39, 0.29) is 17.8 Å². The SMILES string of the molecule is CCOC(=O)C1CCC[NH+](CCC(=O)Nc2ccc(C)c(C)c2)C1. The summed E-state index contributed by atoms with van der Waals surface area (Å²) in [4.78, 5) is 25.3. The molecule has 1 aromatic carbocycles. The van der Waals surface area contributed by atoms with Crippen LogP contribution in [0.2, 0.25) is 0 Å². The molecule has 1 aliphatic rings. The minimum absolute atomic E-state index is 0.0171. The average Bonchev–Trinajstić information content (AvgIpc) is 2.57. The first-order chi connectivity index (χ1) is 11.5. The lowest BCUT2D eigenvalue weighted by Gasteiger charge is -2.28. The molecule has 2 atom stereocenters. The molecule has 132 valence electrons.